The monoisotopic (exact) mass is 290 g/mol. The molecule has 0 unspecified atom stereocenters. The quantitative estimate of drug-likeness (QED) is 0.928. The van der Waals surface area contributed by atoms with E-state index < -0.39 is 12.0 Å². The van der Waals surface area contributed by atoms with Gasteiger partial charge in [0.05, 0.1) is 12.5 Å². The van der Waals surface area contributed by atoms with Crippen LogP contribution < -0.4 is 0 Å². The summed E-state index contributed by atoms with van der Waals surface area (Å²) in [4.78, 5) is 13.6. The molecule has 1 atom stereocenters. The number of aliphatic carboxylic acids is 1. The van der Waals surface area contributed by atoms with Crippen molar-refractivity contribution in [2.24, 2.45) is 0 Å². The number of rotatable bonds is 3. The standard InChI is InChI=1S/C13H14N4O2S/c1-9-14-15-13-17(9)7-16(8-20-13)11(12(18)19)10-5-3-2-4-6-10/h2-6,11H,7-8H2,1H3,(H,18,19)/t11-/m1/s1. The molecule has 1 aliphatic rings. The molecule has 0 aliphatic carbocycles. The van der Waals surface area contributed by atoms with Crippen molar-refractivity contribution >= 4 is 17.7 Å². The first-order valence-electron chi connectivity index (χ1n) is 6.21. The molecule has 6 nitrogen and oxygen atoms in total. The Bertz CT molecular complexity index is 629. The molecular weight excluding hydrogens is 276 g/mol. The van der Waals surface area contributed by atoms with Gasteiger partial charge in [-0.25, -0.2) is 0 Å². The summed E-state index contributed by atoms with van der Waals surface area (Å²) in [7, 11) is 0. The molecule has 20 heavy (non-hydrogen) atoms. The minimum atomic E-state index is -0.842. The number of aromatic nitrogens is 3. The van der Waals surface area contributed by atoms with E-state index in [4.69, 9.17) is 0 Å². The van der Waals surface area contributed by atoms with Gasteiger partial charge in [-0.3, -0.25) is 14.3 Å². The van der Waals surface area contributed by atoms with Crippen molar-refractivity contribution in [1.82, 2.24) is 19.7 Å². The normalized spacial score (nSPS) is 16.6. The van der Waals surface area contributed by atoms with E-state index in [0.717, 1.165) is 16.5 Å². The molecule has 0 fully saturated rings. The molecule has 104 valence electrons. The van der Waals surface area contributed by atoms with Gasteiger partial charge in [-0.15, -0.1) is 10.2 Å². The van der Waals surface area contributed by atoms with E-state index in [0.29, 0.717) is 12.5 Å². The predicted molar refractivity (Wildman–Crippen MR) is 74.1 cm³/mol. The Morgan fingerprint density at radius 3 is 2.80 bits per heavy atom. The van der Waals surface area contributed by atoms with E-state index in [1.54, 1.807) is 0 Å². The Morgan fingerprint density at radius 2 is 2.10 bits per heavy atom. The van der Waals surface area contributed by atoms with Gasteiger partial charge in [-0.2, -0.15) is 0 Å². The van der Waals surface area contributed by atoms with Crippen molar-refractivity contribution in [2.75, 3.05) is 5.88 Å². The average molecular weight is 290 g/mol. The van der Waals surface area contributed by atoms with Crippen LogP contribution in [0, 0.1) is 6.92 Å². The van der Waals surface area contributed by atoms with Gasteiger partial charge in [0.25, 0.3) is 0 Å². The third kappa shape index (κ3) is 2.30. The van der Waals surface area contributed by atoms with Crippen LogP contribution in [0.1, 0.15) is 17.4 Å². The van der Waals surface area contributed by atoms with Crippen LogP contribution in [0.25, 0.3) is 0 Å². The molecule has 1 aromatic carbocycles. The number of fused-ring (bicyclic) bond motifs is 1. The number of hydrogen-bond donors (Lipinski definition) is 1. The van der Waals surface area contributed by atoms with E-state index in [1.807, 2.05) is 46.7 Å². The Hall–Kier alpha value is -1.86. The molecule has 0 saturated carbocycles. The highest BCUT2D eigenvalue weighted by Crippen LogP contribution is 2.31. The fourth-order valence-corrected chi connectivity index (χ4v) is 3.25. The van der Waals surface area contributed by atoms with Gasteiger partial charge in [-0.05, 0) is 12.5 Å². The molecule has 3 rings (SSSR count). The lowest BCUT2D eigenvalue weighted by atomic mass is 10.1. The van der Waals surface area contributed by atoms with E-state index in [-0.39, 0.29) is 0 Å². The van der Waals surface area contributed by atoms with Crippen molar-refractivity contribution in [3.05, 3.63) is 41.7 Å². The summed E-state index contributed by atoms with van der Waals surface area (Å²) in [5, 5.41) is 18.5. The molecule has 7 heteroatoms. The van der Waals surface area contributed by atoms with Gasteiger partial charge < -0.3 is 5.11 Å². The number of benzene rings is 1. The number of nitrogens with zero attached hydrogens (tertiary/aromatic N) is 4. The molecule has 2 aromatic rings. The smallest absolute Gasteiger partial charge is 0.325 e. The third-order valence-electron chi connectivity index (χ3n) is 3.30. The molecule has 0 radical (unpaired) electrons. The maximum atomic E-state index is 11.6. The molecule has 0 bridgehead atoms. The maximum absolute atomic E-state index is 11.6. The van der Waals surface area contributed by atoms with Crippen LogP contribution in [0.15, 0.2) is 35.5 Å². The van der Waals surface area contributed by atoms with Crippen molar-refractivity contribution in [3.63, 3.8) is 0 Å². The summed E-state index contributed by atoms with van der Waals surface area (Å²) in [6, 6.07) is 8.64. The van der Waals surface area contributed by atoms with Gasteiger partial charge in [0.15, 0.2) is 5.16 Å². The van der Waals surface area contributed by atoms with Crippen LogP contribution in [-0.2, 0) is 11.5 Å². The lowest BCUT2D eigenvalue weighted by Crippen LogP contribution is -2.38. The number of carboxylic acid groups (broad SMARTS) is 1. The minimum absolute atomic E-state index is 0.493. The lowest BCUT2D eigenvalue weighted by molar-refractivity contribution is -0.144. The van der Waals surface area contributed by atoms with E-state index in [1.165, 1.54) is 11.8 Å². The largest absolute Gasteiger partial charge is 0.480 e. The highest BCUT2D eigenvalue weighted by atomic mass is 32.2. The average Bonchev–Trinajstić information content (AvgIpc) is 2.81. The van der Waals surface area contributed by atoms with Crippen molar-refractivity contribution in [3.8, 4) is 0 Å². The first-order chi connectivity index (χ1) is 9.66. The number of thioether (sulfide) groups is 1. The van der Waals surface area contributed by atoms with Gasteiger partial charge in [0.1, 0.15) is 11.9 Å². The summed E-state index contributed by atoms with van der Waals surface area (Å²) >= 11 is 1.51. The van der Waals surface area contributed by atoms with Crippen LogP contribution in [-0.4, -0.2) is 36.6 Å². The first-order valence-corrected chi connectivity index (χ1v) is 7.20. The van der Waals surface area contributed by atoms with Gasteiger partial charge in [0, 0.05) is 0 Å². The van der Waals surface area contributed by atoms with Crippen LogP contribution in [0.4, 0.5) is 0 Å². The summed E-state index contributed by atoms with van der Waals surface area (Å²) in [6.45, 7) is 2.37. The molecule has 2 heterocycles. The van der Waals surface area contributed by atoms with E-state index >= 15 is 0 Å². The highest BCUT2D eigenvalue weighted by Gasteiger charge is 2.31. The molecule has 0 spiro atoms. The Balaban J connectivity index is 1.91. The molecule has 1 aromatic heterocycles. The Kier molecular flexibility index (Phi) is 3.45. The van der Waals surface area contributed by atoms with Crippen molar-refractivity contribution in [1.29, 1.82) is 0 Å². The topological polar surface area (TPSA) is 71.2 Å². The maximum Gasteiger partial charge on any atom is 0.325 e. The van der Waals surface area contributed by atoms with Gasteiger partial charge in [-0.1, -0.05) is 42.1 Å². The van der Waals surface area contributed by atoms with Gasteiger partial charge in [0.2, 0.25) is 0 Å². The number of aryl methyl sites for hydroxylation is 1. The number of hydrogen-bond acceptors (Lipinski definition) is 5. The summed E-state index contributed by atoms with van der Waals surface area (Å²) < 4.78 is 1.94. The fourth-order valence-electron chi connectivity index (χ4n) is 2.30. The second-order valence-corrected chi connectivity index (χ2v) is 5.52. The lowest BCUT2D eigenvalue weighted by Gasteiger charge is -2.32. The zero-order chi connectivity index (χ0) is 14.1. The zero-order valence-electron chi connectivity index (χ0n) is 10.9. The summed E-state index contributed by atoms with van der Waals surface area (Å²) in [6.07, 6.45) is 0. The number of carboxylic acids is 1. The molecule has 0 saturated heterocycles. The van der Waals surface area contributed by atoms with Crippen molar-refractivity contribution in [2.45, 2.75) is 24.8 Å². The highest BCUT2D eigenvalue weighted by molar-refractivity contribution is 7.99. The van der Waals surface area contributed by atoms with Crippen LogP contribution in [0.5, 0.6) is 0 Å². The number of carbonyl (C=O) groups is 1. The van der Waals surface area contributed by atoms with Gasteiger partial charge >= 0.3 is 5.97 Å². The Morgan fingerprint density at radius 1 is 1.35 bits per heavy atom. The van der Waals surface area contributed by atoms with E-state index in [2.05, 4.69) is 10.2 Å². The van der Waals surface area contributed by atoms with Crippen molar-refractivity contribution < 1.29 is 9.90 Å². The van der Waals surface area contributed by atoms with Crippen LogP contribution >= 0.6 is 11.8 Å². The molecule has 0 amide bonds. The first kappa shape index (κ1) is 13.1. The fraction of sp³-hybridized carbons (Fsp3) is 0.308. The molecular formula is C13H14N4O2S. The van der Waals surface area contributed by atoms with Crippen LogP contribution in [0.2, 0.25) is 0 Å². The van der Waals surface area contributed by atoms with E-state index in [9.17, 15) is 9.90 Å². The predicted octanol–water partition coefficient (Wildman–Crippen LogP) is 1.74. The molecule has 1 N–H and O–H groups in total. The SMILES string of the molecule is Cc1nnc2n1CN([C@@H](C(=O)O)c1ccccc1)CS2. The second-order valence-electron chi connectivity index (χ2n) is 4.61. The third-order valence-corrected chi connectivity index (χ3v) is 4.32. The second kappa shape index (κ2) is 5.26. The zero-order valence-corrected chi connectivity index (χ0v) is 11.7. The molecule has 1 aliphatic heterocycles. The Labute approximate surface area is 120 Å². The minimum Gasteiger partial charge on any atom is -0.480 e. The van der Waals surface area contributed by atoms with Crippen LogP contribution in [0.3, 0.4) is 0 Å². The summed E-state index contributed by atoms with van der Waals surface area (Å²) in [5.41, 5.74) is 0.787. The summed E-state index contributed by atoms with van der Waals surface area (Å²) in [5.74, 6) is 0.546.